The number of piperidine rings is 1. The van der Waals surface area contributed by atoms with E-state index in [4.69, 9.17) is 5.73 Å². The van der Waals surface area contributed by atoms with Crippen LogP contribution in [-0.4, -0.2) is 25.2 Å². The van der Waals surface area contributed by atoms with Crippen molar-refractivity contribution in [1.29, 1.82) is 0 Å². The molecule has 5 nitrogen and oxygen atoms in total. The summed E-state index contributed by atoms with van der Waals surface area (Å²) in [6, 6.07) is 8.11. The molecule has 1 aliphatic heterocycles. The molecule has 1 saturated heterocycles. The third kappa shape index (κ3) is 4.51. The van der Waals surface area contributed by atoms with E-state index in [1.165, 1.54) is 24.8 Å². The fraction of sp³-hybridized carbons (Fsp3) is 0.533. The normalized spacial score (nSPS) is 20.4. The van der Waals surface area contributed by atoms with Gasteiger partial charge in [-0.05, 0) is 44.0 Å². The van der Waals surface area contributed by atoms with Crippen LogP contribution in [0.25, 0.3) is 0 Å². The van der Waals surface area contributed by atoms with Gasteiger partial charge in [0.1, 0.15) is 0 Å². The second kappa shape index (κ2) is 7.26. The average Bonchev–Trinajstić information content (AvgIpc) is 2.46. The molecule has 20 heavy (non-hydrogen) atoms. The Morgan fingerprint density at radius 1 is 1.40 bits per heavy atom. The largest absolute Gasteiger partial charge is 0.351 e. The molecule has 1 fully saturated rings. The van der Waals surface area contributed by atoms with Crippen molar-refractivity contribution in [3.8, 4) is 0 Å². The number of carbonyl (C=O) groups excluding carboxylic acids is 1. The minimum absolute atomic E-state index is 0.293. The predicted octanol–water partition coefficient (Wildman–Crippen LogP) is 1.97. The van der Waals surface area contributed by atoms with E-state index in [1.807, 2.05) is 24.3 Å². The summed E-state index contributed by atoms with van der Waals surface area (Å²) >= 11 is 0. The van der Waals surface area contributed by atoms with E-state index in [9.17, 15) is 4.79 Å². The molecule has 2 amide bonds. The molecule has 0 saturated carbocycles. The van der Waals surface area contributed by atoms with Crippen molar-refractivity contribution in [2.75, 3.05) is 18.4 Å². The summed E-state index contributed by atoms with van der Waals surface area (Å²) in [4.78, 5) is 10.8. The summed E-state index contributed by atoms with van der Waals surface area (Å²) < 4.78 is 0. The third-order valence-corrected chi connectivity index (χ3v) is 3.76. The fourth-order valence-corrected chi connectivity index (χ4v) is 2.53. The SMILES string of the molecule is CC(NCC1CCCCN1)c1ccc(NC(N)=O)cc1. The molecule has 0 aromatic heterocycles. The summed E-state index contributed by atoms with van der Waals surface area (Å²) in [5.41, 5.74) is 7.01. The lowest BCUT2D eigenvalue weighted by Crippen LogP contribution is -2.42. The van der Waals surface area contributed by atoms with Crippen LogP contribution in [0.5, 0.6) is 0 Å². The smallest absolute Gasteiger partial charge is 0.316 e. The first-order valence-electron chi connectivity index (χ1n) is 7.28. The van der Waals surface area contributed by atoms with Crippen molar-refractivity contribution < 1.29 is 4.79 Å². The van der Waals surface area contributed by atoms with Crippen molar-refractivity contribution in [3.63, 3.8) is 0 Å². The first-order valence-corrected chi connectivity index (χ1v) is 7.28. The molecular formula is C15H24N4O. The Morgan fingerprint density at radius 2 is 2.15 bits per heavy atom. The van der Waals surface area contributed by atoms with Gasteiger partial charge in [-0.3, -0.25) is 0 Å². The van der Waals surface area contributed by atoms with Crippen LogP contribution < -0.4 is 21.7 Å². The highest BCUT2D eigenvalue weighted by Crippen LogP contribution is 2.16. The molecule has 110 valence electrons. The average molecular weight is 276 g/mol. The predicted molar refractivity (Wildman–Crippen MR) is 81.7 cm³/mol. The van der Waals surface area contributed by atoms with E-state index < -0.39 is 6.03 Å². The maximum absolute atomic E-state index is 10.8. The Hall–Kier alpha value is -1.59. The summed E-state index contributed by atoms with van der Waals surface area (Å²) in [5, 5.41) is 9.65. The van der Waals surface area contributed by atoms with E-state index in [0.717, 1.165) is 18.8 Å². The Bertz CT molecular complexity index is 426. The summed E-state index contributed by atoms with van der Waals surface area (Å²) in [5.74, 6) is 0. The van der Waals surface area contributed by atoms with E-state index in [-0.39, 0.29) is 0 Å². The van der Waals surface area contributed by atoms with Gasteiger partial charge in [-0.15, -0.1) is 0 Å². The molecule has 1 aliphatic rings. The molecule has 0 bridgehead atoms. The molecule has 0 aliphatic carbocycles. The minimum atomic E-state index is -0.535. The van der Waals surface area contributed by atoms with Crippen molar-refractivity contribution >= 4 is 11.7 Å². The van der Waals surface area contributed by atoms with Crippen LogP contribution in [0.15, 0.2) is 24.3 Å². The summed E-state index contributed by atoms with van der Waals surface area (Å²) in [7, 11) is 0. The summed E-state index contributed by atoms with van der Waals surface area (Å²) in [6.07, 6.45) is 3.86. The zero-order valence-corrected chi connectivity index (χ0v) is 12.0. The number of hydrogen-bond donors (Lipinski definition) is 4. The molecule has 1 aromatic carbocycles. The molecular weight excluding hydrogens is 252 g/mol. The van der Waals surface area contributed by atoms with Crippen molar-refractivity contribution in [1.82, 2.24) is 10.6 Å². The third-order valence-electron chi connectivity index (χ3n) is 3.76. The van der Waals surface area contributed by atoms with Crippen molar-refractivity contribution in [2.24, 2.45) is 5.73 Å². The number of carbonyl (C=O) groups is 1. The van der Waals surface area contributed by atoms with Gasteiger partial charge in [0.15, 0.2) is 0 Å². The highest BCUT2D eigenvalue weighted by Gasteiger charge is 2.13. The second-order valence-electron chi connectivity index (χ2n) is 5.39. The number of nitrogens with two attached hydrogens (primary N) is 1. The Labute approximate surface area is 120 Å². The van der Waals surface area contributed by atoms with Crippen LogP contribution in [-0.2, 0) is 0 Å². The minimum Gasteiger partial charge on any atom is -0.351 e. The van der Waals surface area contributed by atoms with Gasteiger partial charge in [0.25, 0.3) is 0 Å². The fourth-order valence-electron chi connectivity index (χ4n) is 2.53. The van der Waals surface area contributed by atoms with Gasteiger partial charge >= 0.3 is 6.03 Å². The summed E-state index contributed by atoms with van der Waals surface area (Å²) in [6.45, 7) is 4.27. The van der Waals surface area contributed by atoms with Gasteiger partial charge in [-0.25, -0.2) is 4.79 Å². The number of urea groups is 1. The monoisotopic (exact) mass is 276 g/mol. The number of nitrogens with one attached hydrogen (secondary N) is 3. The van der Waals surface area contributed by atoms with Gasteiger partial charge in [0, 0.05) is 24.3 Å². The zero-order chi connectivity index (χ0) is 14.4. The van der Waals surface area contributed by atoms with Gasteiger partial charge in [0.05, 0.1) is 0 Å². The van der Waals surface area contributed by atoms with Crippen molar-refractivity contribution in [2.45, 2.75) is 38.3 Å². The molecule has 2 unspecified atom stereocenters. The molecule has 0 radical (unpaired) electrons. The van der Waals surface area contributed by atoms with Gasteiger partial charge in [0.2, 0.25) is 0 Å². The van der Waals surface area contributed by atoms with Crippen LogP contribution in [0, 0.1) is 0 Å². The molecule has 2 rings (SSSR count). The lowest BCUT2D eigenvalue weighted by atomic mass is 10.0. The van der Waals surface area contributed by atoms with Gasteiger partial charge in [-0.2, -0.15) is 0 Å². The highest BCUT2D eigenvalue weighted by atomic mass is 16.2. The number of primary amides is 1. The van der Waals surface area contributed by atoms with Crippen LogP contribution in [0.1, 0.15) is 37.8 Å². The van der Waals surface area contributed by atoms with Crippen LogP contribution in [0.4, 0.5) is 10.5 Å². The van der Waals surface area contributed by atoms with E-state index >= 15 is 0 Å². The Balaban J connectivity index is 1.82. The molecule has 1 heterocycles. The Kier molecular flexibility index (Phi) is 5.38. The van der Waals surface area contributed by atoms with E-state index in [2.05, 4.69) is 22.9 Å². The van der Waals surface area contributed by atoms with Gasteiger partial charge < -0.3 is 21.7 Å². The van der Waals surface area contributed by atoms with Gasteiger partial charge in [-0.1, -0.05) is 18.6 Å². The number of hydrogen-bond acceptors (Lipinski definition) is 3. The molecule has 2 atom stereocenters. The second-order valence-corrected chi connectivity index (χ2v) is 5.39. The highest BCUT2D eigenvalue weighted by molar-refractivity contribution is 5.87. The maximum atomic E-state index is 10.8. The lowest BCUT2D eigenvalue weighted by molar-refractivity contribution is 0.259. The van der Waals surface area contributed by atoms with E-state index in [0.29, 0.717) is 12.1 Å². The van der Waals surface area contributed by atoms with E-state index in [1.54, 1.807) is 0 Å². The maximum Gasteiger partial charge on any atom is 0.316 e. The first-order chi connectivity index (χ1) is 9.65. The molecule has 5 heteroatoms. The number of anilines is 1. The number of rotatable bonds is 5. The zero-order valence-electron chi connectivity index (χ0n) is 12.0. The molecule has 5 N–H and O–H groups in total. The topological polar surface area (TPSA) is 79.2 Å². The molecule has 0 spiro atoms. The first kappa shape index (κ1) is 14.8. The number of benzene rings is 1. The molecule has 1 aromatic rings. The quantitative estimate of drug-likeness (QED) is 0.664. The van der Waals surface area contributed by atoms with Crippen LogP contribution >= 0.6 is 0 Å². The van der Waals surface area contributed by atoms with Crippen molar-refractivity contribution in [3.05, 3.63) is 29.8 Å². The Morgan fingerprint density at radius 3 is 2.75 bits per heavy atom. The van der Waals surface area contributed by atoms with Crippen LogP contribution in [0.2, 0.25) is 0 Å². The lowest BCUT2D eigenvalue weighted by Gasteiger charge is -2.25. The standard InChI is InChI=1S/C15H24N4O/c1-11(18-10-14-4-2-3-9-17-14)12-5-7-13(8-6-12)19-15(16)20/h5-8,11,14,17-18H,2-4,9-10H2,1H3,(H3,16,19,20). The van der Waals surface area contributed by atoms with Crippen LogP contribution in [0.3, 0.4) is 0 Å². The number of amides is 2.